The second-order valence-electron chi connectivity index (χ2n) is 10.2. The molecule has 0 saturated carbocycles. The summed E-state index contributed by atoms with van der Waals surface area (Å²) in [7, 11) is -3.33. The van der Waals surface area contributed by atoms with Crippen LogP contribution < -0.4 is 10.4 Å². The van der Waals surface area contributed by atoms with Crippen LogP contribution in [0.15, 0.2) is 12.1 Å². The molecule has 0 saturated heterocycles. The second-order valence-corrected chi connectivity index (χ2v) is 19.6. The Labute approximate surface area is 243 Å². The zero-order chi connectivity index (χ0) is 28.9. The van der Waals surface area contributed by atoms with Crippen LogP contribution in [0.3, 0.4) is 0 Å². The second kappa shape index (κ2) is 18.3. The number of hydrogen-bond acceptors (Lipinski definition) is 5. The van der Waals surface area contributed by atoms with Crippen LogP contribution in [0, 0.1) is 0 Å². The van der Waals surface area contributed by atoms with Gasteiger partial charge in [0, 0.05) is 25.6 Å². The molecule has 0 heterocycles. The molecule has 0 amide bonds. The van der Waals surface area contributed by atoms with Crippen LogP contribution in [-0.2, 0) is 19.7 Å². The molecule has 1 atom stereocenters. The molecular weight excluding hydrogens is 537 g/mol. The van der Waals surface area contributed by atoms with E-state index in [1.807, 2.05) is 0 Å². The van der Waals surface area contributed by atoms with Crippen LogP contribution in [0.1, 0.15) is 72.1 Å². The maximum atomic E-state index is 6.48. The van der Waals surface area contributed by atoms with Crippen molar-refractivity contribution in [3.05, 3.63) is 23.3 Å². The van der Waals surface area contributed by atoms with E-state index in [0.717, 1.165) is 42.1 Å². The highest BCUT2D eigenvalue weighted by Crippen LogP contribution is 2.32. The first kappa shape index (κ1) is 35.9. The molecule has 0 aliphatic carbocycles. The van der Waals surface area contributed by atoms with Crippen LogP contribution in [0.4, 0.5) is 0 Å². The van der Waals surface area contributed by atoms with E-state index in [1.54, 1.807) is 10.4 Å². The fourth-order valence-electron chi connectivity index (χ4n) is 5.57. The van der Waals surface area contributed by atoms with Gasteiger partial charge in [-0.1, -0.05) is 89.4 Å². The van der Waals surface area contributed by atoms with Crippen molar-refractivity contribution >= 4 is 46.3 Å². The van der Waals surface area contributed by atoms with E-state index in [4.69, 9.17) is 13.3 Å². The van der Waals surface area contributed by atoms with Gasteiger partial charge in [0.25, 0.3) is 0 Å². The minimum absolute atomic E-state index is 0.123. The van der Waals surface area contributed by atoms with Gasteiger partial charge in [-0.2, -0.15) is 0 Å². The molecule has 4 radical (unpaired) electrons. The van der Waals surface area contributed by atoms with Crippen molar-refractivity contribution < 1.29 is 13.3 Å². The van der Waals surface area contributed by atoms with Gasteiger partial charge < -0.3 is 13.3 Å². The standard InChI is InChI=1S/C29H58N2O3Si4/c1-13-30(14-2)29(31(15-3)16-4)35-23-22-25-20-21-26(36(9)10)28(37(11)12)27(25)24(8)38(32-17-5,33-18-6)34-19-7/h20-21,24,29H,13-19,22-23H2,1-12H3. The Kier molecular flexibility index (Phi) is 17.3. The molecule has 0 bridgehead atoms. The van der Waals surface area contributed by atoms with E-state index in [0.29, 0.717) is 25.6 Å². The van der Waals surface area contributed by atoms with Gasteiger partial charge in [0.15, 0.2) is 0 Å². The minimum Gasteiger partial charge on any atom is -0.373 e. The first-order chi connectivity index (χ1) is 18.1. The average Bonchev–Trinajstić information content (AvgIpc) is 2.89. The molecule has 0 aliphatic heterocycles. The van der Waals surface area contributed by atoms with Crippen molar-refractivity contribution in [3.63, 3.8) is 0 Å². The minimum atomic E-state index is -2.91. The summed E-state index contributed by atoms with van der Waals surface area (Å²) in [4.78, 5) is 5.28. The van der Waals surface area contributed by atoms with E-state index in [1.165, 1.54) is 17.2 Å². The summed E-state index contributed by atoms with van der Waals surface area (Å²) in [6, 6.07) is 6.12. The van der Waals surface area contributed by atoms with Gasteiger partial charge in [-0.25, -0.2) is 0 Å². The lowest BCUT2D eigenvalue weighted by atomic mass is 10.0. The predicted octanol–water partition coefficient (Wildman–Crippen LogP) is 4.93. The molecule has 38 heavy (non-hydrogen) atoms. The third-order valence-electron chi connectivity index (χ3n) is 7.41. The number of hydrogen-bond donors (Lipinski definition) is 0. The normalized spacial score (nSPS) is 13.6. The molecule has 0 spiro atoms. The van der Waals surface area contributed by atoms with Gasteiger partial charge in [0.1, 0.15) is 0 Å². The quantitative estimate of drug-likeness (QED) is 0.158. The Balaban J connectivity index is 3.61. The Morgan fingerprint density at radius 2 is 1.24 bits per heavy atom. The summed E-state index contributed by atoms with van der Waals surface area (Å²) in [5.41, 5.74) is 3.12. The van der Waals surface area contributed by atoms with E-state index in [2.05, 4.69) is 104 Å². The summed E-state index contributed by atoms with van der Waals surface area (Å²) < 4.78 is 19.4. The van der Waals surface area contributed by atoms with Crippen LogP contribution in [0.2, 0.25) is 32.2 Å². The molecule has 1 aromatic rings. The summed E-state index contributed by atoms with van der Waals surface area (Å²) in [5.74, 6) is 0.529. The molecular formula is C29H58N2O3Si4. The first-order valence-electron chi connectivity index (χ1n) is 15.0. The summed E-state index contributed by atoms with van der Waals surface area (Å²) in [6.45, 7) is 33.8. The lowest BCUT2D eigenvalue weighted by Gasteiger charge is -2.38. The van der Waals surface area contributed by atoms with Gasteiger partial charge in [-0.15, -0.1) is 0 Å². The van der Waals surface area contributed by atoms with Crippen LogP contribution in [0.5, 0.6) is 0 Å². The van der Waals surface area contributed by atoms with Gasteiger partial charge >= 0.3 is 8.80 Å². The highest BCUT2D eigenvalue weighted by Gasteiger charge is 2.49. The molecule has 0 aliphatic rings. The highest BCUT2D eigenvalue weighted by molar-refractivity contribution is 6.82. The maximum absolute atomic E-state index is 6.48. The molecule has 5 nitrogen and oxygen atoms in total. The smallest absolute Gasteiger partial charge is 0.373 e. The number of benzene rings is 1. The first-order valence-corrected chi connectivity index (χ1v) is 23.1. The third kappa shape index (κ3) is 9.20. The lowest BCUT2D eigenvalue weighted by molar-refractivity contribution is 0.0633. The van der Waals surface area contributed by atoms with Crippen molar-refractivity contribution in [3.8, 4) is 0 Å². The number of nitrogens with zero attached hydrogens (tertiary/aromatic N) is 2. The molecule has 0 aromatic heterocycles. The Morgan fingerprint density at radius 3 is 1.61 bits per heavy atom. The van der Waals surface area contributed by atoms with Crippen molar-refractivity contribution in [2.75, 3.05) is 46.0 Å². The molecule has 9 heteroatoms. The topological polar surface area (TPSA) is 34.2 Å². The van der Waals surface area contributed by atoms with E-state index in [9.17, 15) is 0 Å². The monoisotopic (exact) mass is 594 g/mol. The van der Waals surface area contributed by atoms with E-state index in [-0.39, 0.29) is 5.54 Å². The molecule has 218 valence electrons. The Bertz CT molecular complexity index is 760. The highest BCUT2D eigenvalue weighted by atomic mass is 28.4. The SMILES string of the molecule is CCO[Si](OCC)(OCC)C(C)c1c(CC[Si]C(N(CC)CC)N(CC)CC)ccc([Si](C)C)c1[Si](C)C. The van der Waals surface area contributed by atoms with Gasteiger partial charge in [0.2, 0.25) is 0 Å². The third-order valence-corrected chi connectivity index (χ3v) is 15.8. The van der Waals surface area contributed by atoms with Crippen molar-refractivity contribution in [1.82, 2.24) is 9.80 Å². The van der Waals surface area contributed by atoms with Crippen molar-refractivity contribution in [1.29, 1.82) is 0 Å². The van der Waals surface area contributed by atoms with Gasteiger partial charge in [-0.05, 0) is 64.5 Å². The summed E-state index contributed by atoms with van der Waals surface area (Å²) >= 11 is 0. The fourth-order valence-corrected chi connectivity index (χ4v) is 14.6. The number of aryl methyl sites for hydroxylation is 1. The molecule has 1 rings (SSSR count). The van der Waals surface area contributed by atoms with Crippen LogP contribution >= 0.6 is 0 Å². The largest absolute Gasteiger partial charge is 0.508 e. The molecule has 0 fully saturated rings. The van der Waals surface area contributed by atoms with Crippen LogP contribution in [-0.4, -0.2) is 97.5 Å². The van der Waals surface area contributed by atoms with Crippen LogP contribution in [0.25, 0.3) is 0 Å². The van der Waals surface area contributed by atoms with Gasteiger partial charge in [0.05, 0.1) is 32.7 Å². The average molecular weight is 595 g/mol. The lowest BCUT2D eigenvalue weighted by Crippen LogP contribution is -2.55. The zero-order valence-electron chi connectivity index (χ0n) is 26.8. The Morgan fingerprint density at radius 1 is 0.763 bits per heavy atom. The summed E-state index contributed by atoms with van der Waals surface area (Å²) in [5, 5.41) is 3.22. The van der Waals surface area contributed by atoms with E-state index < -0.39 is 26.4 Å². The fraction of sp³-hybridized carbons (Fsp3) is 0.793. The predicted molar refractivity (Wildman–Crippen MR) is 174 cm³/mol. The number of rotatable bonds is 20. The maximum Gasteiger partial charge on any atom is 0.508 e. The van der Waals surface area contributed by atoms with Crippen molar-refractivity contribution in [2.45, 2.75) is 105 Å². The van der Waals surface area contributed by atoms with E-state index >= 15 is 0 Å². The Hall–Kier alpha value is -0.112. The summed E-state index contributed by atoms with van der Waals surface area (Å²) in [6.07, 6.45) is 1.10. The zero-order valence-corrected chi connectivity index (χ0v) is 30.8. The molecule has 1 aromatic carbocycles. The van der Waals surface area contributed by atoms with Gasteiger partial charge in [-0.3, -0.25) is 9.80 Å². The molecule has 1 unspecified atom stereocenters. The van der Waals surface area contributed by atoms with Crippen molar-refractivity contribution in [2.24, 2.45) is 0 Å². The molecule has 0 N–H and O–H groups in total.